The van der Waals surface area contributed by atoms with E-state index in [4.69, 9.17) is 11.6 Å². The summed E-state index contributed by atoms with van der Waals surface area (Å²) in [4.78, 5) is 29.6. The molecule has 3 rings (SSSR count). The van der Waals surface area contributed by atoms with Crippen molar-refractivity contribution in [2.75, 3.05) is 12.3 Å². The third kappa shape index (κ3) is 9.52. The summed E-state index contributed by atoms with van der Waals surface area (Å²) in [6.07, 6.45) is 3.07. The minimum atomic E-state index is -0.740. The zero-order chi connectivity index (χ0) is 26.5. The fourth-order valence-corrected chi connectivity index (χ4v) is 4.94. The molecule has 0 aliphatic heterocycles. The van der Waals surface area contributed by atoms with E-state index in [9.17, 15) is 14.0 Å². The van der Waals surface area contributed by atoms with Gasteiger partial charge in [0.25, 0.3) is 0 Å². The number of thioether (sulfide) groups is 1. The van der Waals surface area contributed by atoms with E-state index < -0.39 is 6.04 Å². The molecule has 7 heteroatoms. The van der Waals surface area contributed by atoms with Gasteiger partial charge in [0.2, 0.25) is 11.8 Å². The maximum atomic E-state index is 14.6. The van der Waals surface area contributed by atoms with Crippen molar-refractivity contribution in [3.05, 3.63) is 101 Å². The molecule has 0 radical (unpaired) electrons. The molecular formula is C30H34ClFN2O2S. The summed E-state index contributed by atoms with van der Waals surface area (Å²) < 4.78 is 14.6. The fourth-order valence-electron chi connectivity index (χ4n) is 3.96. The number of nitrogens with one attached hydrogen (secondary N) is 1. The van der Waals surface area contributed by atoms with Crippen molar-refractivity contribution in [2.45, 2.75) is 56.5 Å². The highest BCUT2D eigenvalue weighted by Gasteiger charge is 2.30. The Morgan fingerprint density at radius 2 is 1.68 bits per heavy atom. The van der Waals surface area contributed by atoms with Gasteiger partial charge in [0.1, 0.15) is 11.9 Å². The summed E-state index contributed by atoms with van der Waals surface area (Å²) >= 11 is 7.61. The van der Waals surface area contributed by atoms with Gasteiger partial charge in [0.05, 0.1) is 0 Å². The fraction of sp³-hybridized carbons (Fsp3) is 0.333. The van der Waals surface area contributed by atoms with Gasteiger partial charge in [-0.15, -0.1) is 11.8 Å². The number of halogens is 2. The van der Waals surface area contributed by atoms with Gasteiger partial charge in [0, 0.05) is 41.4 Å². The van der Waals surface area contributed by atoms with Crippen LogP contribution in [0.1, 0.15) is 43.7 Å². The Bertz CT molecular complexity index is 1130. The van der Waals surface area contributed by atoms with E-state index in [0.29, 0.717) is 30.0 Å². The quantitative estimate of drug-likeness (QED) is 0.178. The lowest BCUT2D eigenvalue weighted by Crippen LogP contribution is -2.50. The van der Waals surface area contributed by atoms with Crippen molar-refractivity contribution in [3.8, 4) is 0 Å². The molecule has 196 valence electrons. The average Bonchev–Trinajstić information content (AvgIpc) is 2.91. The van der Waals surface area contributed by atoms with Crippen molar-refractivity contribution in [3.63, 3.8) is 0 Å². The maximum Gasteiger partial charge on any atom is 0.243 e. The molecule has 0 aliphatic rings. The molecule has 3 aromatic rings. The molecule has 0 saturated heterocycles. The summed E-state index contributed by atoms with van der Waals surface area (Å²) in [5, 5.41) is 3.68. The van der Waals surface area contributed by atoms with Crippen molar-refractivity contribution < 1.29 is 14.0 Å². The highest BCUT2D eigenvalue weighted by Crippen LogP contribution is 2.23. The summed E-state index contributed by atoms with van der Waals surface area (Å²) in [6.45, 7) is 2.64. The highest BCUT2D eigenvalue weighted by atomic mass is 35.5. The normalized spacial score (nSPS) is 11.6. The van der Waals surface area contributed by atoms with Crippen LogP contribution < -0.4 is 5.32 Å². The van der Waals surface area contributed by atoms with E-state index in [-0.39, 0.29) is 30.6 Å². The van der Waals surface area contributed by atoms with Crippen molar-refractivity contribution in [2.24, 2.45) is 0 Å². The van der Waals surface area contributed by atoms with Gasteiger partial charge in [-0.3, -0.25) is 9.59 Å². The van der Waals surface area contributed by atoms with Gasteiger partial charge < -0.3 is 10.2 Å². The molecular weight excluding hydrogens is 507 g/mol. The molecule has 2 amide bonds. The zero-order valence-corrected chi connectivity index (χ0v) is 22.7. The van der Waals surface area contributed by atoms with Gasteiger partial charge in [0.15, 0.2) is 0 Å². The number of nitrogens with zero attached hydrogens (tertiary/aromatic N) is 1. The summed E-state index contributed by atoms with van der Waals surface area (Å²) in [7, 11) is 0. The molecule has 0 aromatic heterocycles. The van der Waals surface area contributed by atoms with E-state index in [1.165, 1.54) is 6.07 Å². The second kappa shape index (κ2) is 15.4. The maximum absolute atomic E-state index is 14.6. The molecule has 1 atom stereocenters. The van der Waals surface area contributed by atoms with E-state index in [0.717, 1.165) is 29.1 Å². The van der Waals surface area contributed by atoms with Crippen molar-refractivity contribution >= 4 is 35.2 Å². The Labute approximate surface area is 228 Å². The number of hydrogen-bond acceptors (Lipinski definition) is 3. The SMILES string of the molecule is CCCCNC(=O)[C@@H](Cc1ccccc1)N(Cc1ccccc1F)C(=O)CCCSc1ccc(Cl)cc1. The van der Waals surface area contributed by atoms with Crippen LogP contribution in [0.3, 0.4) is 0 Å². The summed E-state index contributed by atoms with van der Waals surface area (Å²) in [5.41, 5.74) is 1.34. The third-order valence-electron chi connectivity index (χ3n) is 6.02. The molecule has 0 heterocycles. The first kappa shape index (κ1) is 28.7. The number of benzene rings is 3. The molecule has 4 nitrogen and oxygen atoms in total. The standard InChI is InChI=1S/C30H34ClFN2O2S/c1-2-3-19-33-30(36)28(21-23-10-5-4-6-11-23)34(22-24-12-7-8-13-27(24)32)29(35)14-9-20-37-26-17-15-25(31)16-18-26/h4-8,10-13,15-18,28H,2-3,9,14,19-22H2,1H3,(H,33,36)/t28-/m1/s1. The minimum Gasteiger partial charge on any atom is -0.354 e. The first-order valence-electron chi connectivity index (χ1n) is 12.7. The van der Waals surface area contributed by atoms with Crippen LogP contribution >= 0.6 is 23.4 Å². The van der Waals surface area contributed by atoms with E-state index in [1.54, 1.807) is 34.9 Å². The zero-order valence-electron chi connectivity index (χ0n) is 21.2. The Hall–Kier alpha value is -2.83. The van der Waals surface area contributed by atoms with Crippen molar-refractivity contribution in [1.82, 2.24) is 10.2 Å². The second-order valence-corrected chi connectivity index (χ2v) is 10.5. The molecule has 3 aromatic carbocycles. The second-order valence-electron chi connectivity index (χ2n) is 8.87. The Morgan fingerprint density at radius 1 is 0.973 bits per heavy atom. The van der Waals surface area contributed by atoms with Crippen LogP contribution in [0.2, 0.25) is 5.02 Å². The minimum absolute atomic E-state index is 0.0362. The van der Waals surface area contributed by atoms with Crippen LogP contribution in [0, 0.1) is 5.82 Å². The number of unbranched alkanes of at least 4 members (excludes halogenated alkanes) is 1. The molecule has 1 N–H and O–H groups in total. The molecule has 0 unspecified atom stereocenters. The lowest BCUT2D eigenvalue weighted by Gasteiger charge is -2.32. The van der Waals surface area contributed by atoms with E-state index >= 15 is 0 Å². The van der Waals surface area contributed by atoms with Gasteiger partial charge in [-0.2, -0.15) is 0 Å². The van der Waals surface area contributed by atoms with Gasteiger partial charge in [-0.25, -0.2) is 4.39 Å². The van der Waals surface area contributed by atoms with E-state index in [2.05, 4.69) is 12.2 Å². The van der Waals surface area contributed by atoms with Crippen LogP contribution in [0.15, 0.2) is 83.8 Å². The topological polar surface area (TPSA) is 49.4 Å². The molecule has 0 spiro atoms. The van der Waals surface area contributed by atoms with E-state index in [1.807, 2.05) is 54.6 Å². The van der Waals surface area contributed by atoms with Crippen LogP contribution in [0.25, 0.3) is 0 Å². The molecule has 0 bridgehead atoms. The van der Waals surface area contributed by atoms with Gasteiger partial charge in [-0.1, -0.05) is 73.5 Å². The molecule has 37 heavy (non-hydrogen) atoms. The van der Waals surface area contributed by atoms with Gasteiger partial charge in [-0.05, 0) is 54.5 Å². The number of amides is 2. The molecule has 0 fully saturated rings. The predicted octanol–water partition coefficient (Wildman–Crippen LogP) is 6.91. The lowest BCUT2D eigenvalue weighted by atomic mass is 10.0. The summed E-state index contributed by atoms with van der Waals surface area (Å²) in [5.74, 6) is -0.0139. The number of carbonyl (C=O) groups excluding carboxylic acids is 2. The Balaban J connectivity index is 1.78. The van der Waals surface area contributed by atoms with Crippen LogP contribution in [0.5, 0.6) is 0 Å². The molecule has 0 saturated carbocycles. The predicted molar refractivity (Wildman–Crippen MR) is 150 cm³/mol. The van der Waals surface area contributed by atoms with Crippen molar-refractivity contribution in [1.29, 1.82) is 0 Å². The lowest BCUT2D eigenvalue weighted by molar-refractivity contribution is -0.141. The highest BCUT2D eigenvalue weighted by molar-refractivity contribution is 7.99. The largest absolute Gasteiger partial charge is 0.354 e. The number of carbonyl (C=O) groups is 2. The Kier molecular flexibility index (Phi) is 12.0. The number of hydrogen-bond donors (Lipinski definition) is 1. The third-order valence-corrected chi connectivity index (χ3v) is 7.37. The first-order chi connectivity index (χ1) is 18.0. The monoisotopic (exact) mass is 540 g/mol. The van der Waals surface area contributed by atoms with Gasteiger partial charge >= 0.3 is 0 Å². The van der Waals surface area contributed by atoms with Crippen LogP contribution in [-0.2, 0) is 22.6 Å². The number of rotatable bonds is 14. The van der Waals surface area contributed by atoms with Crippen LogP contribution in [0.4, 0.5) is 4.39 Å². The molecule has 0 aliphatic carbocycles. The Morgan fingerprint density at radius 3 is 2.38 bits per heavy atom. The average molecular weight is 541 g/mol. The first-order valence-corrected chi connectivity index (χ1v) is 14.1. The summed E-state index contributed by atoms with van der Waals surface area (Å²) in [6, 6.07) is 22.9. The van der Waals surface area contributed by atoms with Crippen LogP contribution in [-0.4, -0.2) is 35.1 Å². The smallest absolute Gasteiger partial charge is 0.243 e.